The summed E-state index contributed by atoms with van der Waals surface area (Å²) in [5, 5.41) is 2.82. The first kappa shape index (κ1) is 12.5. The molecule has 19 heavy (non-hydrogen) atoms. The number of ether oxygens (including phenoxy) is 1. The molecule has 5 nitrogen and oxygen atoms in total. The molecule has 1 saturated heterocycles. The topological polar surface area (TPSA) is 67.6 Å². The van der Waals surface area contributed by atoms with E-state index in [2.05, 4.69) is 17.3 Å². The summed E-state index contributed by atoms with van der Waals surface area (Å²) in [4.78, 5) is 13.6. The molecule has 102 valence electrons. The zero-order chi connectivity index (χ0) is 13.4. The maximum atomic E-state index is 11.4. The van der Waals surface area contributed by atoms with Gasteiger partial charge in [0.2, 0.25) is 0 Å². The Labute approximate surface area is 116 Å². The highest BCUT2D eigenvalue weighted by Crippen LogP contribution is 2.38. The zero-order valence-electron chi connectivity index (χ0n) is 10.8. The van der Waals surface area contributed by atoms with Crippen molar-refractivity contribution in [3.05, 3.63) is 12.1 Å². The largest absolute Gasteiger partial charge is 0.482 e. The fraction of sp³-hybridized carbons (Fsp3) is 0.462. The van der Waals surface area contributed by atoms with Crippen molar-refractivity contribution in [1.29, 1.82) is 0 Å². The lowest BCUT2D eigenvalue weighted by atomic mass is 10.1. The van der Waals surface area contributed by atoms with Gasteiger partial charge in [0.05, 0.1) is 17.1 Å². The molecule has 1 aromatic carbocycles. The molecule has 0 aliphatic carbocycles. The van der Waals surface area contributed by atoms with Crippen molar-refractivity contribution < 1.29 is 9.53 Å². The Morgan fingerprint density at radius 1 is 1.53 bits per heavy atom. The van der Waals surface area contributed by atoms with Crippen LogP contribution in [0.15, 0.2) is 12.1 Å². The fourth-order valence-corrected chi connectivity index (χ4v) is 3.73. The average molecular weight is 279 g/mol. The van der Waals surface area contributed by atoms with Crippen LogP contribution in [0, 0.1) is 0 Å². The number of rotatable bonds is 2. The normalized spacial score (nSPS) is 21.5. The highest BCUT2D eigenvalue weighted by Gasteiger charge is 2.24. The van der Waals surface area contributed by atoms with Crippen molar-refractivity contribution in [2.24, 2.45) is 0 Å². The van der Waals surface area contributed by atoms with Gasteiger partial charge in [-0.05, 0) is 18.2 Å². The van der Waals surface area contributed by atoms with Gasteiger partial charge in [-0.2, -0.15) is 11.8 Å². The molecule has 1 aromatic rings. The second kappa shape index (κ2) is 4.85. The van der Waals surface area contributed by atoms with Crippen molar-refractivity contribution in [2.75, 3.05) is 41.1 Å². The van der Waals surface area contributed by atoms with Crippen molar-refractivity contribution in [3.63, 3.8) is 0 Å². The molecule has 1 unspecified atom stereocenters. The molecular weight excluding hydrogens is 262 g/mol. The predicted octanol–water partition coefficient (Wildman–Crippen LogP) is 1.54. The number of anilines is 3. The van der Waals surface area contributed by atoms with Crippen LogP contribution in [0.5, 0.6) is 5.75 Å². The molecule has 2 heterocycles. The van der Waals surface area contributed by atoms with Crippen molar-refractivity contribution in [3.8, 4) is 5.75 Å². The molecular formula is C13H17N3O2S. The van der Waals surface area contributed by atoms with E-state index in [1.54, 1.807) is 6.07 Å². The summed E-state index contributed by atoms with van der Waals surface area (Å²) in [6.45, 7) is 0.0564. The van der Waals surface area contributed by atoms with Gasteiger partial charge < -0.3 is 20.7 Å². The number of fused-ring (bicyclic) bond motifs is 1. The minimum atomic E-state index is -0.123. The zero-order valence-corrected chi connectivity index (χ0v) is 11.6. The number of nitrogen functional groups attached to an aromatic ring is 1. The van der Waals surface area contributed by atoms with E-state index in [0.717, 1.165) is 11.4 Å². The number of nitrogens with two attached hydrogens (primary N) is 1. The Hall–Kier alpha value is -1.56. The van der Waals surface area contributed by atoms with Gasteiger partial charge in [0.1, 0.15) is 5.75 Å². The first-order valence-corrected chi connectivity index (χ1v) is 7.47. The average Bonchev–Trinajstić information content (AvgIpc) is 2.91. The van der Waals surface area contributed by atoms with E-state index in [-0.39, 0.29) is 12.5 Å². The number of benzene rings is 1. The number of carbonyl (C=O) groups excluding carboxylic acids is 1. The maximum Gasteiger partial charge on any atom is 0.262 e. The van der Waals surface area contributed by atoms with E-state index in [0.29, 0.717) is 23.2 Å². The van der Waals surface area contributed by atoms with Gasteiger partial charge in [0.15, 0.2) is 6.61 Å². The first-order chi connectivity index (χ1) is 9.15. The third kappa shape index (κ3) is 2.32. The standard InChI is InChI=1S/C13H17N3O2S/c1-16(8-2-3-19-7-8)11-5-10-12(4-9(11)14)18-6-13(17)15-10/h4-5,8H,2-3,6-7,14H2,1H3,(H,15,17). The molecule has 1 atom stereocenters. The Morgan fingerprint density at radius 2 is 2.37 bits per heavy atom. The van der Waals surface area contributed by atoms with Gasteiger partial charge in [0.25, 0.3) is 5.91 Å². The van der Waals surface area contributed by atoms with Crippen LogP contribution in [-0.4, -0.2) is 37.1 Å². The highest BCUT2D eigenvalue weighted by atomic mass is 32.2. The van der Waals surface area contributed by atoms with E-state index < -0.39 is 0 Å². The van der Waals surface area contributed by atoms with Gasteiger partial charge in [-0.1, -0.05) is 0 Å². The van der Waals surface area contributed by atoms with Gasteiger partial charge >= 0.3 is 0 Å². The lowest BCUT2D eigenvalue weighted by molar-refractivity contribution is -0.118. The predicted molar refractivity (Wildman–Crippen MR) is 79.1 cm³/mol. The molecule has 0 bridgehead atoms. The molecule has 0 spiro atoms. The van der Waals surface area contributed by atoms with Crippen LogP contribution in [-0.2, 0) is 4.79 Å². The Morgan fingerprint density at radius 3 is 3.11 bits per heavy atom. The van der Waals surface area contributed by atoms with Crippen LogP contribution in [0.4, 0.5) is 17.1 Å². The summed E-state index contributed by atoms with van der Waals surface area (Å²) < 4.78 is 5.36. The Kier molecular flexibility index (Phi) is 3.18. The minimum Gasteiger partial charge on any atom is -0.482 e. The molecule has 0 radical (unpaired) electrons. The first-order valence-electron chi connectivity index (χ1n) is 6.32. The Balaban J connectivity index is 1.92. The van der Waals surface area contributed by atoms with Gasteiger partial charge in [0, 0.05) is 24.9 Å². The van der Waals surface area contributed by atoms with Crippen LogP contribution in [0.3, 0.4) is 0 Å². The molecule has 2 aliphatic heterocycles. The number of hydrogen-bond acceptors (Lipinski definition) is 5. The van der Waals surface area contributed by atoms with Crippen molar-refractivity contribution in [2.45, 2.75) is 12.5 Å². The monoisotopic (exact) mass is 279 g/mol. The lowest BCUT2D eigenvalue weighted by Gasteiger charge is -2.29. The maximum absolute atomic E-state index is 11.4. The van der Waals surface area contributed by atoms with Crippen LogP contribution >= 0.6 is 11.8 Å². The molecule has 0 aromatic heterocycles. The van der Waals surface area contributed by atoms with E-state index in [9.17, 15) is 4.79 Å². The van der Waals surface area contributed by atoms with E-state index >= 15 is 0 Å². The quantitative estimate of drug-likeness (QED) is 0.804. The number of thioether (sulfide) groups is 1. The second-order valence-corrected chi connectivity index (χ2v) is 6.02. The van der Waals surface area contributed by atoms with E-state index in [4.69, 9.17) is 10.5 Å². The molecule has 2 aliphatic rings. The van der Waals surface area contributed by atoms with Gasteiger partial charge in [-0.25, -0.2) is 0 Å². The molecule has 3 rings (SSSR count). The lowest BCUT2D eigenvalue weighted by Crippen LogP contribution is -2.32. The summed E-state index contributed by atoms with van der Waals surface area (Å²) in [6, 6.07) is 4.21. The summed E-state index contributed by atoms with van der Waals surface area (Å²) in [7, 11) is 2.06. The molecule has 6 heteroatoms. The van der Waals surface area contributed by atoms with Crippen molar-refractivity contribution >= 4 is 34.7 Å². The van der Waals surface area contributed by atoms with Crippen LogP contribution in [0.1, 0.15) is 6.42 Å². The number of amides is 1. The van der Waals surface area contributed by atoms with Crippen LogP contribution in [0.25, 0.3) is 0 Å². The Bertz CT molecular complexity index is 515. The summed E-state index contributed by atoms with van der Waals surface area (Å²) in [6.07, 6.45) is 1.17. The van der Waals surface area contributed by atoms with Gasteiger partial charge in [-0.3, -0.25) is 4.79 Å². The summed E-state index contributed by atoms with van der Waals surface area (Å²) in [5.74, 6) is 2.84. The highest BCUT2D eigenvalue weighted by molar-refractivity contribution is 7.99. The second-order valence-electron chi connectivity index (χ2n) is 4.87. The third-order valence-electron chi connectivity index (χ3n) is 3.60. The summed E-state index contributed by atoms with van der Waals surface area (Å²) in [5.41, 5.74) is 8.46. The molecule has 1 fully saturated rings. The third-order valence-corrected chi connectivity index (χ3v) is 4.74. The summed E-state index contributed by atoms with van der Waals surface area (Å²) >= 11 is 1.96. The van der Waals surface area contributed by atoms with Crippen LogP contribution in [0.2, 0.25) is 0 Å². The van der Waals surface area contributed by atoms with Crippen LogP contribution < -0.4 is 20.7 Å². The minimum absolute atomic E-state index is 0.0564. The smallest absolute Gasteiger partial charge is 0.262 e. The van der Waals surface area contributed by atoms with Gasteiger partial charge in [-0.15, -0.1) is 0 Å². The van der Waals surface area contributed by atoms with E-state index in [1.165, 1.54) is 12.2 Å². The number of nitrogens with zero attached hydrogens (tertiary/aromatic N) is 1. The molecule has 1 amide bonds. The van der Waals surface area contributed by atoms with Crippen molar-refractivity contribution in [1.82, 2.24) is 0 Å². The fourth-order valence-electron chi connectivity index (χ4n) is 2.46. The SMILES string of the molecule is CN(c1cc2c(cc1N)OCC(=O)N2)C1CCSC1. The number of hydrogen-bond donors (Lipinski definition) is 2. The molecule has 3 N–H and O–H groups in total. The number of carbonyl (C=O) groups is 1. The van der Waals surface area contributed by atoms with E-state index in [1.807, 2.05) is 17.8 Å². The number of nitrogens with one attached hydrogen (secondary N) is 1. The molecule has 0 saturated carbocycles.